The summed E-state index contributed by atoms with van der Waals surface area (Å²) in [5.74, 6) is -0.840. The van der Waals surface area contributed by atoms with Crippen molar-refractivity contribution >= 4 is 17.3 Å². The minimum atomic E-state index is -0.840. The van der Waals surface area contributed by atoms with Crippen LogP contribution in [0.5, 0.6) is 0 Å². The van der Waals surface area contributed by atoms with Gasteiger partial charge in [0.2, 0.25) is 0 Å². The molecule has 1 aromatic heterocycles. The quantitative estimate of drug-likeness (QED) is 0.886. The fourth-order valence-corrected chi connectivity index (χ4v) is 2.37. The number of hydrogen-bond acceptors (Lipinski definition) is 3. The zero-order valence-corrected chi connectivity index (χ0v) is 9.62. The van der Waals surface area contributed by atoms with E-state index in [0.717, 1.165) is 15.4 Å². The lowest BCUT2D eigenvalue weighted by Crippen LogP contribution is -2.01. The summed E-state index contributed by atoms with van der Waals surface area (Å²) in [6.07, 6.45) is -0.00479. The topological polar surface area (TPSA) is 50.2 Å². The van der Waals surface area contributed by atoms with Crippen LogP contribution in [0.2, 0.25) is 0 Å². The maximum atomic E-state index is 10.6. The summed E-state index contributed by atoms with van der Waals surface area (Å²) in [5.41, 5.74) is 1.70. The Labute approximate surface area is 97.4 Å². The fraction of sp³-hybridized carbons (Fsp3) is 0.167. The lowest BCUT2D eigenvalue weighted by atomic mass is 10.2. The van der Waals surface area contributed by atoms with Crippen molar-refractivity contribution in [3.05, 3.63) is 40.9 Å². The van der Waals surface area contributed by atoms with Crippen molar-refractivity contribution in [1.29, 1.82) is 0 Å². The molecule has 2 rings (SSSR count). The third kappa shape index (κ3) is 2.28. The van der Waals surface area contributed by atoms with Crippen molar-refractivity contribution in [2.45, 2.75) is 13.3 Å². The van der Waals surface area contributed by atoms with Gasteiger partial charge in [-0.05, 0) is 6.92 Å². The minimum Gasteiger partial charge on any atom is -0.481 e. The van der Waals surface area contributed by atoms with E-state index in [1.165, 1.54) is 11.3 Å². The van der Waals surface area contributed by atoms with Gasteiger partial charge in [-0.1, -0.05) is 30.3 Å². The van der Waals surface area contributed by atoms with Crippen LogP contribution in [0, 0.1) is 6.92 Å². The SMILES string of the molecule is Cc1sc(-c2ccccc2)nc1CC(=O)O. The number of nitrogens with zero attached hydrogens (tertiary/aromatic N) is 1. The second-order valence-electron chi connectivity index (χ2n) is 3.46. The molecule has 1 N–H and O–H groups in total. The van der Waals surface area contributed by atoms with Crippen molar-refractivity contribution in [2.24, 2.45) is 0 Å². The molecule has 16 heavy (non-hydrogen) atoms. The van der Waals surface area contributed by atoms with Gasteiger partial charge in [0.1, 0.15) is 5.01 Å². The highest BCUT2D eigenvalue weighted by molar-refractivity contribution is 7.15. The van der Waals surface area contributed by atoms with Gasteiger partial charge in [-0.2, -0.15) is 0 Å². The number of hydrogen-bond donors (Lipinski definition) is 1. The molecule has 0 unspecified atom stereocenters. The maximum absolute atomic E-state index is 10.6. The lowest BCUT2D eigenvalue weighted by molar-refractivity contribution is -0.136. The highest BCUT2D eigenvalue weighted by Crippen LogP contribution is 2.27. The van der Waals surface area contributed by atoms with Crippen molar-refractivity contribution in [2.75, 3.05) is 0 Å². The van der Waals surface area contributed by atoms with E-state index in [-0.39, 0.29) is 6.42 Å². The van der Waals surface area contributed by atoms with E-state index in [9.17, 15) is 4.79 Å². The number of aliphatic carboxylic acids is 1. The van der Waals surface area contributed by atoms with E-state index in [0.29, 0.717) is 5.69 Å². The number of thiazole rings is 1. The first-order valence-corrected chi connectivity index (χ1v) is 5.72. The van der Waals surface area contributed by atoms with Crippen LogP contribution in [0.25, 0.3) is 10.6 Å². The van der Waals surface area contributed by atoms with Gasteiger partial charge in [0.15, 0.2) is 0 Å². The molecule has 1 heterocycles. The molecule has 3 nitrogen and oxygen atoms in total. The Balaban J connectivity index is 2.34. The minimum absolute atomic E-state index is 0.00479. The summed E-state index contributed by atoms with van der Waals surface area (Å²) in [6.45, 7) is 1.91. The number of carboxylic acids is 1. The third-order valence-corrected chi connectivity index (χ3v) is 3.29. The summed E-state index contributed by atoms with van der Waals surface area (Å²) in [7, 11) is 0. The van der Waals surface area contributed by atoms with Crippen LogP contribution in [0.4, 0.5) is 0 Å². The van der Waals surface area contributed by atoms with Crippen LogP contribution >= 0.6 is 11.3 Å². The van der Waals surface area contributed by atoms with Gasteiger partial charge >= 0.3 is 5.97 Å². The Morgan fingerprint density at radius 3 is 2.69 bits per heavy atom. The Hall–Kier alpha value is -1.68. The van der Waals surface area contributed by atoms with E-state index in [1.807, 2.05) is 37.3 Å². The molecule has 0 aliphatic heterocycles. The summed E-state index contributed by atoms with van der Waals surface area (Å²) in [5, 5.41) is 9.62. The standard InChI is InChI=1S/C12H11NO2S/c1-8-10(7-11(14)15)13-12(16-8)9-5-3-2-4-6-9/h2-6H,7H2,1H3,(H,14,15). The zero-order valence-electron chi connectivity index (χ0n) is 8.80. The van der Waals surface area contributed by atoms with Crippen molar-refractivity contribution in [3.8, 4) is 10.6 Å². The van der Waals surface area contributed by atoms with Gasteiger partial charge in [-0.15, -0.1) is 11.3 Å². The highest BCUT2D eigenvalue weighted by Gasteiger charge is 2.11. The summed E-state index contributed by atoms with van der Waals surface area (Å²) in [6, 6.07) is 9.79. The van der Waals surface area contributed by atoms with Crippen LogP contribution in [0.3, 0.4) is 0 Å². The number of carbonyl (C=O) groups is 1. The Morgan fingerprint density at radius 1 is 1.38 bits per heavy atom. The molecule has 0 spiro atoms. The maximum Gasteiger partial charge on any atom is 0.309 e. The summed E-state index contributed by atoms with van der Waals surface area (Å²) >= 11 is 1.53. The largest absolute Gasteiger partial charge is 0.481 e. The molecule has 2 aromatic rings. The molecule has 0 atom stereocenters. The molecule has 4 heteroatoms. The third-order valence-electron chi connectivity index (χ3n) is 2.23. The Kier molecular flexibility index (Phi) is 3.01. The van der Waals surface area contributed by atoms with Gasteiger partial charge in [-0.25, -0.2) is 4.98 Å². The number of rotatable bonds is 3. The van der Waals surface area contributed by atoms with E-state index >= 15 is 0 Å². The lowest BCUT2D eigenvalue weighted by Gasteiger charge is -1.93. The number of benzene rings is 1. The molecule has 0 fully saturated rings. The summed E-state index contributed by atoms with van der Waals surface area (Å²) < 4.78 is 0. The fourth-order valence-electron chi connectivity index (χ4n) is 1.44. The molecule has 0 aliphatic rings. The highest BCUT2D eigenvalue weighted by atomic mass is 32.1. The van der Waals surface area contributed by atoms with Crippen LogP contribution in [-0.4, -0.2) is 16.1 Å². The van der Waals surface area contributed by atoms with Crippen LogP contribution in [0.1, 0.15) is 10.6 Å². The molecular weight excluding hydrogens is 222 g/mol. The van der Waals surface area contributed by atoms with Crippen molar-refractivity contribution in [3.63, 3.8) is 0 Å². The predicted molar refractivity (Wildman–Crippen MR) is 63.6 cm³/mol. The van der Waals surface area contributed by atoms with Gasteiger partial charge in [0.25, 0.3) is 0 Å². The molecule has 0 saturated heterocycles. The first-order chi connectivity index (χ1) is 7.66. The van der Waals surface area contributed by atoms with Crippen LogP contribution in [0.15, 0.2) is 30.3 Å². The molecule has 0 bridgehead atoms. The average Bonchev–Trinajstić information content (AvgIpc) is 2.61. The molecule has 0 amide bonds. The second kappa shape index (κ2) is 4.45. The van der Waals surface area contributed by atoms with E-state index in [2.05, 4.69) is 4.98 Å². The summed E-state index contributed by atoms with van der Waals surface area (Å²) in [4.78, 5) is 16.0. The first kappa shape index (κ1) is 10.8. The monoisotopic (exact) mass is 233 g/mol. The van der Waals surface area contributed by atoms with E-state index < -0.39 is 5.97 Å². The van der Waals surface area contributed by atoms with Gasteiger partial charge < -0.3 is 5.11 Å². The van der Waals surface area contributed by atoms with Crippen molar-refractivity contribution < 1.29 is 9.90 Å². The predicted octanol–water partition coefficient (Wildman–Crippen LogP) is 2.75. The Morgan fingerprint density at radius 2 is 2.06 bits per heavy atom. The van der Waals surface area contributed by atoms with Crippen LogP contribution in [-0.2, 0) is 11.2 Å². The molecule has 0 aliphatic carbocycles. The molecule has 1 aromatic carbocycles. The van der Waals surface area contributed by atoms with E-state index in [4.69, 9.17) is 5.11 Å². The Bertz CT molecular complexity index is 505. The van der Waals surface area contributed by atoms with Gasteiger partial charge in [0, 0.05) is 10.4 Å². The molecule has 0 radical (unpaired) electrons. The number of aromatic nitrogens is 1. The molecule has 0 saturated carbocycles. The van der Waals surface area contributed by atoms with Gasteiger partial charge in [0.05, 0.1) is 12.1 Å². The van der Waals surface area contributed by atoms with Crippen molar-refractivity contribution in [1.82, 2.24) is 4.98 Å². The van der Waals surface area contributed by atoms with E-state index in [1.54, 1.807) is 0 Å². The average molecular weight is 233 g/mol. The number of aryl methyl sites for hydroxylation is 1. The number of carboxylic acid groups (broad SMARTS) is 1. The smallest absolute Gasteiger partial charge is 0.309 e. The van der Waals surface area contributed by atoms with Crippen LogP contribution < -0.4 is 0 Å². The second-order valence-corrected chi connectivity index (χ2v) is 4.66. The van der Waals surface area contributed by atoms with Gasteiger partial charge in [-0.3, -0.25) is 4.79 Å². The first-order valence-electron chi connectivity index (χ1n) is 4.90. The normalized spacial score (nSPS) is 10.3. The molecular formula is C12H11NO2S. The zero-order chi connectivity index (χ0) is 11.5. The molecule has 82 valence electrons.